The summed E-state index contributed by atoms with van der Waals surface area (Å²) in [5.74, 6) is 0.883. The maximum absolute atomic E-state index is 10.8. The van der Waals surface area contributed by atoms with Crippen LogP contribution in [0.5, 0.6) is 0 Å². The van der Waals surface area contributed by atoms with Gasteiger partial charge in [0.25, 0.3) is 0 Å². The summed E-state index contributed by atoms with van der Waals surface area (Å²) in [6, 6.07) is 5.21. The molecule has 0 aromatic carbocycles. The molecule has 0 saturated carbocycles. The van der Waals surface area contributed by atoms with Crippen LogP contribution in [0.25, 0.3) is 0 Å². The van der Waals surface area contributed by atoms with E-state index in [9.17, 15) is 4.79 Å². The zero-order valence-corrected chi connectivity index (χ0v) is 9.40. The van der Waals surface area contributed by atoms with E-state index in [4.69, 9.17) is 13.9 Å². The summed E-state index contributed by atoms with van der Waals surface area (Å²) in [5, 5.41) is 12.0. The second kappa shape index (κ2) is 4.88. The molecule has 0 aliphatic rings. The summed E-state index contributed by atoms with van der Waals surface area (Å²) in [5.41, 5.74) is 0.208. The third kappa shape index (κ3) is 2.76. The lowest BCUT2D eigenvalue weighted by molar-refractivity contribution is 0.0695. The first-order chi connectivity index (χ1) is 8.16. The summed E-state index contributed by atoms with van der Waals surface area (Å²) in [6.45, 7) is 2.68. The van der Waals surface area contributed by atoms with Crippen molar-refractivity contribution < 1.29 is 18.7 Å². The standard InChI is InChI=1S/C12H13NO4/c1-8-11(12(14)15)5-10(17-8)7-13-6-9-3-2-4-16-9/h2-5,13H,6-7H2,1H3,(H,14,15). The number of furan rings is 2. The van der Waals surface area contributed by atoms with E-state index in [0.29, 0.717) is 24.6 Å². The van der Waals surface area contributed by atoms with Crippen molar-refractivity contribution in [2.75, 3.05) is 0 Å². The van der Waals surface area contributed by atoms with Gasteiger partial charge < -0.3 is 19.3 Å². The Bertz CT molecular complexity index is 499. The third-order valence-electron chi connectivity index (χ3n) is 2.38. The van der Waals surface area contributed by atoms with Crippen molar-refractivity contribution in [2.24, 2.45) is 0 Å². The Hall–Kier alpha value is -2.01. The molecule has 0 atom stereocenters. The average Bonchev–Trinajstić information content (AvgIpc) is 2.88. The van der Waals surface area contributed by atoms with Crippen LogP contribution >= 0.6 is 0 Å². The SMILES string of the molecule is Cc1oc(CNCc2ccco2)cc1C(=O)O. The summed E-state index contributed by atoms with van der Waals surface area (Å²) in [6.07, 6.45) is 1.61. The first kappa shape index (κ1) is 11.5. The first-order valence-electron chi connectivity index (χ1n) is 5.22. The summed E-state index contributed by atoms with van der Waals surface area (Å²) in [7, 11) is 0. The van der Waals surface area contributed by atoms with Crippen molar-refractivity contribution in [3.05, 3.63) is 47.3 Å². The highest BCUT2D eigenvalue weighted by atomic mass is 16.4. The molecule has 2 N–H and O–H groups in total. The number of carboxylic acids is 1. The van der Waals surface area contributed by atoms with E-state index in [0.717, 1.165) is 5.76 Å². The molecule has 0 spiro atoms. The highest BCUT2D eigenvalue weighted by molar-refractivity contribution is 5.88. The molecule has 2 aromatic heterocycles. The molecule has 0 unspecified atom stereocenters. The van der Waals surface area contributed by atoms with Gasteiger partial charge in [-0.05, 0) is 25.1 Å². The molecule has 90 valence electrons. The van der Waals surface area contributed by atoms with Crippen LogP contribution in [0.4, 0.5) is 0 Å². The number of hydrogen-bond donors (Lipinski definition) is 2. The van der Waals surface area contributed by atoms with E-state index in [1.165, 1.54) is 6.07 Å². The molecule has 5 nitrogen and oxygen atoms in total. The van der Waals surface area contributed by atoms with Crippen molar-refractivity contribution in [3.8, 4) is 0 Å². The fraction of sp³-hybridized carbons (Fsp3) is 0.250. The normalized spacial score (nSPS) is 10.6. The van der Waals surface area contributed by atoms with Gasteiger partial charge in [0, 0.05) is 0 Å². The maximum Gasteiger partial charge on any atom is 0.339 e. The van der Waals surface area contributed by atoms with Gasteiger partial charge in [-0.2, -0.15) is 0 Å². The van der Waals surface area contributed by atoms with Crippen molar-refractivity contribution in [1.29, 1.82) is 0 Å². The molecule has 0 amide bonds. The van der Waals surface area contributed by atoms with Gasteiger partial charge >= 0.3 is 5.97 Å². The average molecular weight is 235 g/mol. The second-order valence-corrected chi connectivity index (χ2v) is 3.67. The van der Waals surface area contributed by atoms with E-state index in [-0.39, 0.29) is 5.56 Å². The monoisotopic (exact) mass is 235 g/mol. The topological polar surface area (TPSA) is 75.6 Å². The molecule has 0 fully saturated rings. The quantitative estimate of drug-likeness (QED) is 0.830. The predicted octanol–water partition coefficient (Wildman–Crippen LogP) is 2.17. The zero-order valence-electron chi connectivity index (χ0n) is 9.40. The molecule has 0 radical (unpaired) electrons. The highest BCUT2D eigenvalue weighted by Crippen LogP contribution is 2.14. The Morgan fingerprint density at radius 1 is 1.41 bits per heavy atom. The van der Waals surface area contributed by atoms with Gasteiger partial charge in [0.15, 0.2) is 0 Å². The first-order valence-corrected chi connectivity index (χ1v) is 5.22. The predicted molar refractivity (Wildman–Crippen MR) is 59.7 cm³/mol. The minimum atomic E-state index is -0.969. The fourth-order valence-electron chi connectivity index (χ4n) is 1.57. The van der Waals surface area contributed by atoms with Crippen LogP contribution in [0.1, 0.15) is 27.6 Å². The fourth-order valence-corrected chi connectivity index (χ4v) is 1.57. The number of carbonyl (C=O) groups is 1. The molecule has 17 heavy (non-hydrogen) atoms. The van der Waals surface area contributed by atoms with Crippen LogP contribution in [0, 0.1) is 6.92 Å². The molecule has 2 heterocycles. The van der Waals surface area contributed by atoms with Crippen LogP contribution in [-0.2, 0) is 13.1 Å². The number of aryl methyl sites for hydroxylation is 1. The number of hydrogen-bond acceptors (Lipinski definition) is 4. The molecule has 0 aliphatic heterocycles. The molecule has 2 aromatic rings. The maximum atomic E-state index is 10.8. The van der Waals surface area contributed by atoms with Gasteiger partial charge in [-0.3, -0.25) is 0 Å². The number of aromatic carboxylic acids is 1. The van der Waals surface area contributed by atoms with Crippen LogP contribution in [-0.4, -0.2) is 11.1 Å². The molecule has 0 saturated heterocycles. The zero-order chi connectivity index (χ0) is 12.3. The molecule has 5 heteroatoms. The van der Waals surface area contributed by atoms with Gasteiger partial charge in [0.05, 0.1) is 19.4 Å². The van der Waals surface area contributed by atoms with Crippen LogP contribution in [0.3, 0.4) is 0 Å². The Labute approximate surface area is 98.0 Å². The van der Waals surface area contributed by atoms with Crippen LogP contribution in [0.15, 0.2) is 33.3 Å². The van der Waals surface area contributed by atoms with Gasteiger partial charge in [-0.1, -0.05) is 0 Å². The Kier molecular flexibility index (Phi) is 3.30. The Morgan fingerprint density at radius 2 is 2.18 bits per heavy atom. The number of nitrogens with one attached hydrogen (secondary N) is 1. The van der Waals surface area contributed by atoms with Gasteiger partial charge in [0.1, 0.15) is 22.8 Å². The van der Waals surface area contributed by atoms with Crippen LogP contribution < -0.4 is 5.32 Å². The highest BCUT2D eigenvalue weighted by Gasteiger charge is 2.13. The lowest BCUT2D eigenvalue weighted by Gasteiger charge is -1.98. The largest absolute Gasteiger partial charge is 0.478 e. The molecular weight excluding hydrogens is 222 g/mol. The van der Waals surface area contributed by atoms with Crippen molar-refractivity contribution in [3.63, 3.8) is 0 Å². The molecule has 0 aliphatic carbocycles. The Balaban J connectivity index is 1.91. The molecule has 0 bridgehead atoms. The van der Waals surface area contributed by atoms with Crippen molar-refractivity contribution in [1.82, 2.24) is 5.32 Å². The van der Waals surface area contributed by atoms with E-state index in [1.807, 2.05) is 12.1 Å². The minimum Gasteiger partial charge on any atom is -0.478 e. The van der Waals surface area contributed by atoms with Crippen molar-refractivity contribution >= 4 is 5.97 Å². The number of rotatable bonds is 5. The van der Waals surface area contributed by atoms with E-state index >= 15 is 0 Å². The van der Waals surface area contributed by atoms with E-state index in [2.05, 4.69) is 5.32 Å². The Morgan fingerprint density at radius 3 is 2.76 bits per heavy atom. The lowest BCUT2D eigenvalue weighted by atomic mass is 10.2. The smallest absolute Gasteiger partial charge is 0.339 e. The van der Waals surface area contributed by atoms with E-state index < -0.39 is 5.97 Å². The summed E-state index contributed by atoms with van der Waals surface area (Å²) < 4.78 is 10.5. The number of carboxylic acid groups (broad SMARTS) is 1. The van der Waals surface area contributed by atoms with Gasteiger partial charge in [0.2, 0.25) is 0 Å². The second-order valence-electron chi connectivity index (χ2n) is 3.67. The molecular formula is C12H13NO4. The van der Waals surface area contributed by atoms with Gasteiger partial charge in [-0.25, -0.2) is 4.79 Å². The summed E-state index contributed by atoms with van der Waals surface area (Å²) >= 11 is 0. The van der Waals surface area contributed by atoms with E-state index in [1.54, 1.807) is 13.2 Å². The minimum absolute atomic E-state index is 0.208. The lowest BCUT2D eigenvalue weighted by Crippen LogP contribution is -2.11. The molecule has 2 rings (SSSR count). The third-order valence-corrected chi connectivity index (χ3v) is 2.38. The van der Waals surface area contributed by atoms with Crippen LogP contribution in [0.2, 0.25) is 0 Å². The van der Waals surface area contributed by atoms with Gasteiger partial charge in [-0.15, -0.1) is 0 Å². The van der Waals surface area contributed by atoms with Crippen molar-refractivity contribution in [2.45, 2.75) is 20.0 Å². The summed E-state index contributed by atoms with van der Waals surface area (Å²) in [4.78, 5) is 10.8.